The standard InChI is InChI=1S/C25H20ClNS.ClH.H3N/c26-19-23-24(17-10-18-27-23)28-25(20-11-4-1-5-12-20,21-13-6-2-7-14-21)22-15-8-3-9-16-22;;/h1-18H,19H2;1H;1H3. The third-order valence-electron chi connectivity index (χ3n) is 4.78. The van der Waals surface area contributed by atoms with Crippen molar-refractivity contribution in [2.24, 2.45) is 0 Å². The highest BCUT2D eigenvalue weighted by Crippen LogP contribution is 2.52. The summed E-state index contributed by atoms with van der Waals surface area (Å²) < 4.78 is -0.409. The molecule has 0 spiro atoms. The molecule has 3 aromatic carbocycles. The molecule has 0 unspecified atom stereocenters. The van der Waals surface area contributed by atoms with E-state index in [0.29, 0.717) is 5.88 Å². The van der Waals surface area contributed by atoms with E-state index in [2.05, 4.69) is 102 Å². The van der Waals surface area contributed by atoms with Gasteiger partial charge >= 0.3 is 0 Å². The van der Waals surface area contributed by atoms with E-state index in [1.807, 2.05) is 6.07 Å². The van der Waals surface area contributed by atoms with Gasteiger partial charge in [-0.3, -0.25) is 4.98 Å². The lowest BCUT2D eigenvalue weighted by Crippen LogP contribution is -2.25. The van der Waals surface area contributed by atoms with Gasteiger partial charge in [-0.25, -0.2) is 0 Å². The zero-order valence-electron chi connectivity index (χ0n) is 16.4. The highest BCUT2D eigenvalue weighted by atomic mass is 35.5. The Hall–Kier alpha value is -2.30. The van der Waals surface area contributed by atoms with E-state index in [-0.39, 0.29) is 18.6 Å². The lowest BCUT2D eigenvalue weighted by molar-refractivity contribution is 0.890. The molecule has 30 heavy (non-hydrogen) atoms. The highest BCUT2D eigenvalue weighted by molar-refractivity contribution is 8.00. The Bertz CT molecular complexity index is 932. The number of pyridine rings is 1. The molecule has 0 fully saturated rings. The number of hydrogen-bond donors (Lipinski definition) is 1. The Balaban J connectivity index is 0.00000160. The van der Waals surface area contributed by atoms with Gasteiger partial charge in [0.15, 0.2) is 0 Å². The molecule has 4 rings (SSSR count). The first kappa shape index (κ1) is 24.0. The SMILES string of the molecule is Cl.ClCc1ncccc1SC(c1ccccc1)(c1ccccc1)c1ccccc1.N. The van der Waals surface area contributed by atoms with Crippen LogP contribution in [0.5, 0.6) is 0 Å². The van der Waals surface area contributed by atoms with Gasteiger partial charge in [0.2, 0.25) is 0 Å². The minimum Gasteiger partial charge on any atom is -0.344 e. The molecule has 3 N–H and O–H groups in total. The van der Waals surface area contributed by atoms with Crippen molar-refractivity contribution in [1.29, 1.82) is 0 Å². The summed E-state index contributed by atoms with van der Waals surface area (Å²) in [6.07, 6.45) is 1.80. The third kappa shape index (κ3) is 4.71. The minimum atomic E-state index is -0.409. The molecule has 0 aliphatic heterocycles. The van der Waals surface area contributed by atoms with Gasteiger partial charge in [-0.1, -0.05) is 91.0 Å². The maximum atomic E-state index is 6.22. The molecule has 2 nitrogen and oxygen atoms in total. The maximum absolute atomic E-state index is 6.22. The summed E-state index contributed by atoms with van der Waals surface area (Å²) >= 11 is 8.02. The Morgan fingerprint density at radius 2 is 1.10 bits per heavy atom. The second-order valence-electron chi connectivity index (χ2n) is 6.46. The summed E-state index contributed by atoms with van der Waals surface area (Å²) in [7, 11) is 0. The number of halogens is 2. The van der Waals surface area contributed by atoms with Gasteiger partial charge in [0.05, 0.1) is 16.3 Å². The average molecular weight is 455 g/mol. The maximum Gasteiger partial charge on any atom is 0.0954 e. The van der Waals surface area contributed by atoms with E-state index in [4.69, 9.17) is 11.6 Å². The molecule has 4 aromatic rings. The van der Waals surface area contributed by atoms with Gasteiger partial charge in [-0.15, -0.1) is 35.8 Å². The number of nitrogens with zero attached hydrogens (tertiary/aromatic N) is 1. The lowest BCUT2D eigenvalue weighted by atomic mass is 9.84. The molecule has 0 saturated heterocycles. The normalized spacial score (nSPS) is 10.6. The van der Waals surface area contributed by atoms with Crippen LogP contribution in [0.25, 0.3) is 0 Å². The summed E-state index contributed by atoms with van der Waals surface area (Å²) in [5.74, 6) is 0.387. The minimum absolute atomic E-state index is 0. The fourth-order valence-electron chi connectivity index (χ4n) is 3.48. The summed E-state index contributed by atoms with van der Waals surface area (Å²) in [5.41, 5.74) is 4.58. The van der Waals surface area contributed by atoms with Gasteiger partial charge in [0, 0.05) is 11.1 Å². The van der Waals surface area contributed by atoms with E-state index in [0.717, 1.165) is 10.6 Å². The van der Waals surface area contributed by atoms with Gasteiger partial charge in [0.25, 0.3) is 0 Å². The first-order chi connectivity index (χ1) is 13.8. The van der Waals surface area contributed by atoms with Crippen LogP contribution in [0.3, 0.4) is 0 Å². The van der Waals surface area contributed by atoms with Crippen LogP contribution in [0.15, 0.2) is 114 Å². The predicted octanol–water partition coefficient (Wildman–Crippen LogP) is 7.49. The van der Waals surface area contributed by atoms with Crippen molar-refractivity contribution in [2.75, 3.05) is 0 Å². The van der Waals surface area contributed by atoms with Crippen molar-refractivity contribution in [2.45, 2.75) is 15.5 Å². The van der Waals surface area contributed by atoms with Crippen LogP contribution >= 0.6 is 35.8 Å². The van der Waals surface area contributed by atoms with E-state index >= 15 is 0 Å². The zero-order chi connectivity index (χ0) is 19.2. The Labute approximate surface area is 193 Å². The van der Waals surface area contributed by atoms with Crippen molar-refractivity contribution < 1.29 is 0 Å². The average Bonchev–Trinajstić information content (AvgIpc) is 2.79. The van der Waals surface area contributed by atoms with Crippen molar-refractivity contribution in [3.63, 3.8) is 0 Å². The summed E-state index contributed by atoms with van der Waals surface area (Å²) in [6, 6.07) is 36.0. The predicted molar refractivity (Wildman–Crippen MR) is 131 cm³/mol. The molecule has 0 radical (unpaired) electrons. The highest BCUT2D eigenvalue weighted by Gasteiger charge is 2.38. The van der Waals surface area contributed by atoms with Crippen molar-refractivity contribution >= 4 is 35.8 Å². The molecule has 1 aromatic heterocycles. The van der Waals surface area contributed by atoms with E-state index < -0.39 is 4.75 Å². The van der Waals surface area contributed by atoms with Crippen molar-refractivity contribution in [3.8, 4) is 0 Å². The van der Waals surface area contributed by atoms with Crippen LogP contribution in [-0.2, 0) is 10.6 Å². The molecular formula is C25H24Cl2N2S. The van der Waals surface area contributed by atoms with E-state index in [1.165, 1.54) is 16.7 Å². The van der Waals surface area contributed by atoms with Crippen LogP contribution in [0.4, 0.5) is 0 Å². The van der Waals surface area contributed by atoms with Gasteiger partial charge in [-0.05, 0) is 28.8 Å². The van der Waals surface area contributed by atoms with Crippen LogP contribution in [0.1, 0.15) is 22.4 Å². The third-order valence-corrected chi connectivity index (χ3v) is 6.64. The Morgan fingerprint density at radius 3 is 1.50 bits per heavy atom. The van der Waals surface area contributed by atoms with Crippen molar-refractivity contribution in [3.05, 3.63) is 132 Å². The van der Waals surface area contributed by atoms with Crippen LogP contribution in [0.2, 0.25) is 0 Å². The molecular weight excluding hydrogens is 431 g/mol. The smallest absolute Gasteiger partial charge is 0.0954 e. The molecule has 1 heterocycles. The number of hydrogen-bond acceptors (Lipinski definition) is 3. The molecule has 0 saturated carbocycles. The number of rotatable bonds is 6. The fraction of sp³-hybridized carbons (Fsp3) is 0.0800. The van der Waals surface area contributed by atoms with Gasteiger partial charge in [-0.2, -0.15) is 0 Å². The lowest BCUT2D eigenvalue weighted by Gasteiger charge is -2.35. The number of alkyl halides is 1. The number of thioether (sulfide) groups is 1. The molecule has 0 bridgehead atoms. The van der Waals surface area contributed by atoms with Crippen LogP contribution < -0.4 is 6.15 Å². The summed E-state index contributed by atoms with van der Waals surface area (Å²) in [6.45, 7) is 0. The molecule has 0 amide bonds. The van der Waals surface area contributed by atoms with Gasteiger partial charge in [0.1, 0.15) is 0 Å². The quantitative estimate of drug-likeness (QED) is 0.186. The molecule has 0 aliphatic carbocycles. The van der Waals surface area contributed by atoms with Crippen LogP contribution in [-0.4, -0.2) is 4.98 Å². The summed E-state index contributed by atoms with van der Waals surface area (Å²) in [5, 5.41) is 0. The van der Waals surface area contributed by atoms with E-state index in [1.54, 1.807) is 18.0 Å². The topological polar surface area (TPSA) is 47.9 Å². The Kier molecular flexibility index (Phi) is 8.94. The number of aromatic nitrogens is 1. The monoisotopic (exact) mass is 454 g/mol. The van der Waals surface area contributed by atoms with E-state index in [9.17, 15) is 0 Å². The van der Waals surface area contributed by atoms with Crippen molar-refractivity contribution in [1.82, 2.24) is 11.1 Å². The number of benzene rings is 3. The van der Waals surface area contributed by atoms with Crippen LogP contribution in [0, 0.1) is 0 Å². The fourth-order valence-corrected chi connectivity index (χ4v) is 5.25. The summed E-state index contributed by atoms with van der Waals surface area (Å²) in [4.78, 5) is 5.60. The molecule has 0 aliphatic rings. The molecule has 5 heteroatoms. The molecule has 154 valence electrons. The first-order valence-electron chi connectivity index (χ1n) is 9.20. The second kappa shape index (κ2) is 11.2. The second-order valence-corrected chi connectivity index (χ2v) is 7.99. The largest absolute Gasteiger partial charge is 0.344 e. The Morgan fingerprint density at radius 1 is 0.667 bits per heavy atom. The first-order valence-corrected chi connectivity index (χ1v) is 10.5. The zero-order valence-corrected chi connectivity index (χ0v) is 18.8. The molecule has 0 atom stereocenters. The van der Waals surface area contributed by atoms with Gasteiger partial charge < -0.3 is 6.15 Å².